The van der Waals surface area contributed by atoms with E-state index in [2.05, 4.69) is 15.5 Å². The molecule has 0 spiro atoms. The fraction of sp³-hybridized carbons (Fsp3) is 0.111. The molecule has 0 aliphatic rings. The summed E-state index contributed by atoms with van der Waals surface area (Å²) in [5, 5.41) is 20.4. The molecule has 0 saturated heterocycles. The SMILES string of the molecule is CSc1nnc(NC(=O)/C(C#N)=C/c2ccc(OCc3ccccc3)c(OCc3ccccc3)c2)s1. The van der Waals surface area contributed by atoms with Gasteiger partial charge in [0.05, 0.1) is 0 Å². The predicted molar refractivity (Wildman–Crippen MR) is 142 cm³/mol. The van der Waals surface area contributed by atoms with Gasteiger partial charge in [-0.3, -0.25) is 10.1 Å². The number of ether oxygens (including phenoxy) is 2. The summed E-state index contributed by atoms with van der Waals surface area (Å²) in [6, 6.07) is 26.9. The number of rotatable bonds is 10. The molecule has 1 heterocycles. The summed E-state index contributed by atoms with van der Waals surface area (Å²) in [5.74, 6) is 0.515. The van der Waals surface area contributed by atoms with E-state index in [9.17, 15) is 10.1 Å². The van der Waals surface area contributed by atoms with E-state index in [1.54, 1.807) is 18.2 Å². The molecule has 0 aliphatic heterocycles. The third-order valence-corrected chi connectivity index (χ3v) is 6.73. The van der Waals surface area contributed by atoms with E-state index in [0.29, 0.717) is 35.4 Å². The van der Waals surface area contributed by atoms with Gasteiger partial charge in [0.1, 0.15) is 24.9 Å². The van der Waals surface area contributed by atoms with Crippen molar-refractivity contribution in [1.82, 2.24) is 10.2 Å². The number of hydrogen-bond donors (Lipinski definition) is 1. The highest BCUT2D eigenvalue weighted by Crippen LogP contribution is 2.31. The van der Waals surface area contributed by atoms with Crippen molar-refractivity contribution in [2.24, 2.45) is 0 Å². The fourth-order valence-electron chi connectivity index (χ4n) is 3.14. The smallest absolute Gasteiger partial charge is 0.268 e. The van der Waals surface area contributed by atoms with Gasteiger partial charge in [0.2, 0.25) is 5.13 Å². The molecule has 4 rings (SSSR count). The van der Waals surface area contributed by atoms with Gasteiger partial charge in [0.15, 0.2) is 15.8 Å². The normalized spacial score (nSPS) is 10.9. The lowest BCUT2D eigenvalue weighted by Gasteiger charge is -2.14. The largest absolute Gasteiger partial charge is 0.485 e. The van der Waals surface area contributed by atoms with E-state index in [0.717, 1.165) is 15.5 Å². The maximum Gasteiger partial charge on any atom is 0.268 e. The number of thioether (sulfide) groups is 1. The first kappa shape index (κ1) is 25.0. The second-order valence-corrected chi connectivity index (χ2v) is 9.49. The lowest BCUT2D eigenvalue weighted by atomic mass is 10.1. The zero-order valence-corrected chi connectivity index (χ0v) is 21.0. The van der Waals surface area contributed by atoms with Gasteiger partial charge in [-0.15, -0.1) is 10.2 Å². The van der Waals surface area contributed by atoms with Crippen LogP contribution in [0.15, 0.2) is 88.8 Å². The van der Waals surface area contributed by atoms with Crippen molar-refractivity contribution < 1.29 is 14.3 Å². The quantitative estimate of drug-likeness (QED) is 0.121. The Bertz CT molecular complexity index is 1380. The third kappa shape index (κ3) is 6.95. The Kier molecular flexibility index (Phi) is 8.70. The van der Waals surface area contributed by atoms with Gasteiger partial charge in [0.25, 0.3) is 5.91 Å². The van der Waals surface area contributed by atoms with Crippen LogP contribution in [0.5, 0.6) is 11.5 Å². The second-order valence-electron chi connectivity index (χ2n) is 7.46. The van der Waals surface area contributed by atoms with Crippen LogP contribution < -0.4 is 14.8 Å². The van der Waals surface area contributed by atoms with Crippen LogP contribution in [0.3, 0.4) is 0 Å². The molecule has 0 radical (unpaired) electrons. The van der Waals surface area contributed by atoms with Gasteiger partial charge in [-0.05, 0) is 41.2 Å². The molecule has 0 unspecified atom stereocenters. The summed E-state index contributed by atoms with van der Waals surface area (Å²) in [4.78, 5) is 12.6. The maximum absolute atomic E-state index is 12.6. The molecule has 180 valence electrons. The number of carbonyl (C=O) groups excluding carboxylic acids is 1. The number of amides is 1. The summed E-state index contributed by atoms with van der Waals surface area (Å²) in [5.41, 5.74) is 2.59. The third-order valence-electron chi connectivity index (χ3n) is 4.92. The van der Waals surface area contributed by atoms with Crippen LogP contribution in [0.4, 0.5) is 5.13 Å². The minimum absolute atomic E-state index is 0.0668. The van der Waals surface area contributed by atoms with Gasteiger partial charge in [0, 0.05) is 0 Å². The van der Waals surface area contributed by atoms with Crippen LogP contribution in [-0.4, -0.2) is 22.4 Å². The molecule has 1 amide bonds. The Morgan fingerprint density at radius 1 is 0.972 bits per heavy atom. The van der Waals surface area contributed by atoms with Crippen LogP contribution in [-0.2, 0) is 18.0 Å². The highest BCUT2D eigenvalue weighted by molar-refractivity contribution is 8.00. The number of benzene rings is 3. The van der Waals surface area contributed by atoms with Crippen molar-refractivity contribution in [3.8, 4) is 17.6 Å². The average molecular weight is 515 g/mol. The Hall–Kier alpha value is -4.13. The molecule has 3 aromatic carbocycles. The lowest BCUT2D eigenvalue weighted by Crippen LogP contribution is -2.13. The van der Waals surface area contributed by atoms with Gasteiger partial charge >= 0.3 is 0 Å². The van der Waals surface area contributed by atoms with Gasteiger partial charge in [-0.25, -0.2) is 0 Å². The first-order valence-corrected chi connectivity index (χ1v) is 13.0. The first-order chi connectivity index (χ1) is 17.6. The summed E-state index contributed by atoms with van der Waals surface area (Å²) in [6.45, 7) is 0.722. The molecular weight excluding hydrogens is 492 g/mol. The average Bonchev–Trinajstić information content (AvgIpc) is 3.38. The topological polar surface area (TPSA) is 97.1 Å². The van der Waals surface area contributed by atoms with Crippen LogP contribution in [0.25, 0.3) is 6.08 Å². The summed E-state index contributed by atoms with van der Waals surface area (Å²) in [6.07, 6.45) is 3.37. The Morgan fingerprint density at radius 2 is 1.61 bits per heavy atom. The van der Waals surface area contributed by atoms with Crippen LogP contribution in [0, 0.1) is 11.3 Å². The molecule has 0 aliphatic carbocycles. The van der Waals surface area contributed by atoms with Gasteiger partial charge < -0.3 is 9.47 Å². The minimum Gasteiger partial charge on any atom is -0.485 e. The highest BCUT2D eigenvalue weighted by Gasteiger charge is 2.14. The molecule has 1 aromatic heterocycles. The fourth-order valence-corrected chi connectivity index (χ4v) is 4.30. The number of nitriles is 1. The van der Waals surface area contributed by atoms with E-state index in [1.807, 2.05) is 73.0 Å². The number of nitrogens with zero attached hydrogens (tertiary/aromatic N) is 3. The Balaban J connectivity index is 1.55. The monoisotopic (exact) mass is 514 g/mol. The molecule has 36 heavy (non-hydrogen) atoms. The number of nitrogens with one attached hydrogen (secondary N) is 1. The zero-order chi connectivity index (χ0) is 25.2. The maximum atomic E-state index is 12.6. The molecule has 0 saturated carbocycles. The predicted octanol–water partition coefficient (Wildman–Crippen LogP) is 5.96. The van der Waals surface area contributed by atoms with E-state index < -0.39 is 5.91 Å². The van der Waals surface area contributed by atoms with Gasteiger partial charge in [-0.1, -0.05) is 89.8 Å². The van der Waals surface area contributed by atoms with Gasteiger partial charge in [-0.2, -0.15) is 5.26 Å². The Labute approximate surface area is 217 Å². The molecule has 0 fully saturated rings. The number of anilines is 1. The van der Waals surface area contributed by atoms with Crippen molar-refractivity contribution in [3.05, 3.63) is 101 Å². The van der Waals surface area contributed by atoms with Crippen molar-refractivity contribution in [3.63, 3.8) is 0 Å². The standard InChI is InChI=1S/C27H22N4O3S2/c1-35-27-31-30-26(36-27)29-25(32)22(16-28)14-21-12-13-23(33-17-19-8-4-2-5-9-19)24(15-21)34-18-20-10-6-3-7-11-20/h2-15H,17-18H2,1H3,(H,29,30,32)/b22-14+. The van der Waals surface area contributed by atoms with E-state index in [-0.39, 0.29) is 5.57 Å². The van der Waals surface area contributed by atoms with Crippen molar-refractivity contribution in [1.29, 1.82) is 5.26 Å². The highest BCUT2D eigenvalue weighted by atomic mass is 32.2. The van der Waals surface area contributed by atoms with E-state index in [1.165, 1.54) is 29.2 Å². The summed E-state index contributed by atoms with van der Waals surface area (Å²) < 4.78 is 12.8. The Morgan fingerprint density at radius 3 is 2.19 bits per heavy atom. The summed E-state index contributed by atoms with van der Waals surface area (Å²) >= 11 is 2.67. The van der Waals surface area contributed by atoms with Crippen LogP contribution in [0.2, 0.25) is 0 Å². The first-order valence-electron chi connectivity index (χ1n) is 10.9. The molecule has 9 heteroatoms. The van der Waals surface area contributed by atoms with Crippen LogP contribution >= 0.6 is 23.1 Å². The van der Waals surface area contributed by atoms with Crippen LogP contribution in [0.1, 0.15) is 16.7 Å². The number of aromatic nitrogens is 2. The van der Waals surface area contributed by atoms with E-state index in [4.69, 9.17) is 9.47 Å². The minimum atomic E-state index is -0.558. The zero-order valence-electron chi connectivity index (χ0n) is 19.4. The van der Waals surface area contributed by atoms with E-state index >= 15 is 0 Å². The molecular formula is C27H22N4O3S2. The molecule has 0 bridgehead atoms. The van der Waals surface area contributed by atoms with Crippen molar-refractivity contribution in [2.45, 2.75) is 17.6 Å². The molecule has 7 nitrogen and oxygen atoms in total. The summed E-state index contributed by atoms with van der Waals surface area (Å²) in [7, 11) is 0. The second kappa shape index (κ2) is 12.5. The molecule has 0 atom stereocenters. The number of carbonyl (C=O) groups is 1. The van der Waals surface area contributed by atoms with Crippen molar-refractivity contribution >= 4 is 40.2 Å². The lowest BCUT2D eigenvalue weighted by molar-refractivity contribution is -0.112. The van der Waals surface area contributed by atoms with Crippen molar-refractivity contribution in [2.75, 3.05) is 11.6 Å². The number of hydrogen-bond acceptors (Lipinski definition) is 8. The molecule has 1 N–H and O–H groups in total. The molecule has 4 aromatic rings.